The van der Waals surface area contributed by atoms with E-state index < -0.39 is 0 Å². The fourth-order valence-electron chi connectivity index (χ4n) is 1.82. The van der Waals surface area contributed by atoms with Crippen LogP contribution in [-0.2, 0) is 6.42 Å². The molecule has 0 aliphatic heterocycles. The highest BCUT2D eigenvalue weighted by atomic mass is 16.5. The zero-order valence-corrected chi connectivity index (χ0v) is 10.6. The summed E-state index contributed by atoms with van der Waals surface area (Å²) in [6, 6.07) is 8.35. The number of para-hydroxylation sites is 1. The Balaban J connectivity index is 2.62. The summed E-state index contributed by atoms with van der Waals surface area (Å²) in [4.78, 5) is 0. The lowest BCUT2D eigenvalue weighted by atomic mass is 10.0. The number of hydrogen-bond donors (Lipinski definition) is 1. The van der Waals surface area contributed by atoms with Gasteiger partial charge in [-0.25, -0.2) is 0 Å². The van der Waals surface area contributed by atoms with Crippen molar-refractivity contribution in [2.24, 2.45) is 5.92 Å². The predicted octanol–water partition coefficient (Wildman–Crippen LogP) is 2.87. The molecule has 0 spiro atoms. The van der Waals surface area contributed by atoms with Crippen LogP contribution in [0.2, 0.25) is 0 Å². The van der Waals surface area contributed by atoms with Crippen LogP contribution < -0.4 is 10.1 Å². The van der Waals surface area contributed by atoms with Crippen molar-refractivity contribution < 1.29 is 4.74 Å². The average molecular weight is 221 g/mol. The van der Waals surface area contributed by atoms with Crippen LogP contribution in [0.3, 0.4) is 0 Å². The van der Waals surface area contributed by atoms with Crippen LogP contribution in [0.4, 0.5) is 0 Å². The summed E-state index contributed by atoms with van der Waals surface area (Å²) in [5, 5.41) is 3.21. The highest BCUT2D eigenvalue weighted by Gasteiger charge is 2.07. The van der Waals surface area contributed by atoms with Gasteiger partial charge in [0.25, 0.3) is 0 Å². The average Bonchev–Trinajstić information content (AvgIpc) is 2.28. The molecule has 1 atom stereocenters. The second-order valence-corrected chi connectivity index (χ2v) is 4.32. The van der Waals surface area contributed by atoms with Gasteiger partial charge in [-0.3, -0.25) is 0 Å². The zero-order valence-electron chi connectivity index (χ0n) is 10.6. The molecule has 0 bridgehead atoms. The van der Waals surface area contributed by atoms with Gasteiger partial charge in [0.2, 0.25) is 0 Å². The van der Waals surface area contributed by atoms with Gasteiger partial charge < -0.3 is 10.1 Å². The van der Waals surface area contributed by atoms with Crippen molar-refractivity contribution in [1.29, 1.82) is 0 Å². The molecule has 0 amide bonds. The number of benzene rings is 1. The van der Waals surface area contributed by atoms with Gasteiger partial charge in [0.1, 0.15) is 5.75 Å². The maximum atomic E-state index is 5.74. The van der Waals surface area contributed by atoms with E-state index in [4.69, 9.17) is 4.74 Å². The minimum Gasteiger partial charge on any atom is -0.493 e. The third-order valence-corrected chi connectivity index (χ3v) is 2.56. The number of hydrogen-bond acceptors (Lipinski definition) is 2. The number of ether oxygens (including phenoxy) is 1. The fraction of sp³-hybridized carbons (Fsp3) is 0.571. The molecule has 0 heterocycles. The summed E-state index contributed by atoms with van der Waals surface area (Å²) in [5.41, 5.74) is 1.32. The summed E-state index contributed by atoms with van der Waals surface area (Å²) in [6.45, 7) is 6.23. The van der Waals surface area contributed by atoms with Crippen LogP contribution in [0.1, 0.15) is 25.8 Å². The molecule has 0 aliphatic rings. The first-order chi connectivity index (χ1) is 7.77. The van der Waals surface area contributed by atoms with Gasteiger partial charge in [-0.2, -0.15) is 0 Å². The normalized spacial score (nSPS) is 12.4. The highest BCUT2D eigenvalue weighted by Crippen LogP contribution is 2.21. The van der Waals surface area contributed by atoms with Crippen LogP contribution in [0.25, 0.3) is 0 Å². The maximum Gasteiger partial charge on any atom is 0.122 e. The van der Waals surface area contributed by atoms with Crippen molar-refractivity contribution in [3.8, 4) is 5.75 Å². The van der Waals surface area contributed by atoms with Gasteiger partial charge in [0.15, 0.2) is 0 Å². The van der Waals surface area contributed by atoms with Gasteiger partial charge in [0.05, 0.1) is 6.61 Å². The third-order valence-electron chi connectivity index (χ3n) is 2.56. The maximum absolute atomic E-state index is 5.74. The summed E-state index contributed by atoms with van der Waals surface area (Å²) in [7, 11) is 2.00. The lowest BCUT2D eigenvalue weighted by molar-refractivity contribution is 0.312. The molecule has 90 valence electrons. The molecule has 0 radical (unpaired) electrons. The zero-order chi connectivity index (χ0) is 11.8. The van der Waals surface area contributed by atoms with Crippen molar-refractivity contribution in [2.75, 3.05) is 20.2 Å². The molecule has 1 aromatic carbocycles. The molecular weight excluding hydrogens is 198 g/mol. The van der Waals surface area contributed by atoms with Gasteiger partial charge in [-0.1, -0.05) is 32.0 Å². The third kappa shape index (κ3) is 4.23. The Morgan fingerprint density at radius 3 is 2.75 bits per heavy atom. The molecule has 0 saturated carbocycles. The molecule has 0 aromatic heterocycles. The molecule has 0 fully saturated rings. The largest absolute Gasteiger partial charge is 0.493 e. The van der Waals surface area contributed by atoms with E-state index in [2.05, 4.69) is 37.4 Å². The van der Waals surface area contributed by atoms with Crippen LogP contribution >= 0.6 is 0 Å². The molecule has 1 aromatic rings. The van der Waals surface area contributed by atoms with Crippen molar-refractivity contribution >= 4 is 0 Å². The Morgan fingerprint density at radius 2 is 2.06 bits per heavy atom. The molecule has 0 aliphatic carbocycles. The molecule has 16 heavy (non-hydrogen) atoms. The van der Waals surface area contributed by atoms with Crippen LogP contribution in [0, 0.1) is 5.92 Å². The second kappa shape index (κ2) is 7.29. The molecule has 1 N–H and O–H groups in total. The van der Waals surface area contributed by atoms with E-state index in [1.165, 1.54) is 5.56 Å². The van der Waals surface area contributed by atoms with Crippen LogP contribution in [-0.4, -0.2) is 20.2 Å². The van der Waals surface area contributed by atoms with Crippen molar-refractivity contribution in [3.63, 3.8) is 0 Å². The smallest absolute Gasteiger partial charge is 0.122 e. The lowest BCUT2D eigenvalue weighted by Crippen LogP contribution is -2.18. The van der Waals surface area contributed by atoms with E-state index in [0.717, 1.165) is 31.7 Å². The molecule has 1 unspecified atom stereocenters. The summed E-state index contributed by atoms with van der Waals surface area (Å²) < 4.78 is 5.74. The summed E-state index contributed by atoms with van der Waals surface area (Å²) >= 11 is 0. The minimum absolute atomic E-state index is 0.636. The Hall–Kier alpha value is -1.02. The van der Waals surface area contributed by atoms with E-state index in [1.807, 2.05) is 13.1 Å². The Bertz CT molecular complexity index is 299. The van der Waals surface area contributed by atoms with Crippen molar-refractivity contribution in [3.05, 3.63) is 29.8 Å². The number of nitrogens with one attached hydrogen (secondary N) is 1. The SMILES string of the molecule is CCCOc1ccccc1CC(C)CNC. The summed E-state index contributed by atoms with van der Waals surface area (Å²) in [6.07, 6.45) is 2.13. The second-order valence-electron chi connectivity index (χ2n) is 4.32. The van der Waals surface area contributed by atoms with E-state index in [9.17, 15) is 0 Å². The standard InChI is InChI=1S/C14H23NO/c1-4-9-16-14-8-6-5-7-13(14)10-12(2)11-15-3/h5-8,12,15H,4,9-11H2,1-3H3. The first kappa shape index (κ1) is 13.0. The van der Waals surface area contributed by atoms with Gasteiger partial charge >= 0.3 is 0 Å². The van der Waals surface area contributed by atoms with E-state index in [1.54, 1.807) is 0 Å². The molecule has 0 saturated heterocycles. The molecule has 1 rings (SSSR count). The topological polar surface area (TPSA) is 21.3 Å². The van der Waals surface area contributed by atoms with Crippen molar-refractivity contribution in [2.45, 2.75) is 26.7 Å². The van der Waals surface area contributed by atoms with Gasteiger partial charge in [0, 0.05) is 0 Å². The first-order valence-corrected chi connectivity index (χ1v) is 6.13. The molecule has 2 heteroatoms. The minimum atomic E-state index is 0.636. The van der Waals surface area contributed by atoms with Crippen molar-refractivity contribution in [1.82, 2.24) is 5.32 Å². The van der Waals surface area contributed by atoms with E-state index in [-0.39, 0.29) is 0 Å². The van der Waals surface area contributed by atoms with E-state index >= 15 is 0 Å². The Labute approximate surface area is 99.0 Å². The summed E-state index contributed by atoms with van der Waals surface area (Å²) in [5.74, 6) is 1.68. The van der Waals surface area contributed by atoms with Crippen LogP contribution in [0.5, 0.6) is 5.75 Å². The van der Waals surface area contributed by atoms with E-state index in [0.29, 0.717) is 5.92 Å². The van der Waals surface area contributed by atoms with Crippen LogP contribution in [0.15, 0.2) is 24.3 Å². The first-order valence-electron chi connectivity index (χ1n) is 6.13. The predicted molar refractivity (Wildman–Crippen MR) is 69.0 cm³/mol. The highest BCUT2D eigenvalue weighted by molar-refractivity contribution is 5.33. The fourth-order valence-corrected chi connectivity index (χ4v) is 1.82. The number of rotatable bonds is 7. The van der Waals surface area contributed by atoms with Gasteiger partial charge in [-0.05, 0) is 44.0 Å². The monoisotopic (exact) mass is 221 g/mol. The molecule has 2 nitrogen and oxygen atoms in total. The quantitative estimate of drug-likeness (QED) is 0.764. The molecular formula is C14H23NO. The Morgan fingerprint density at radius 1 is 1.31 bits per heavy atom. The van der Waals surface area contributed by atoms with Gasteiger partial charge in [-0.15, -0.1) is 0 Å². The lowest BCUT2D eigenvalue weighted by Gasteiger charge is -2.14. The Kier molecular flexibility index (Phi) is 5.94.